The predicted octanol–water partition coefficient (Wildman–Crippen LogP) is -3.86. The summed E-state index contributed by atoms with van der Waals surface area (Å²) < 4.78 is 5.14. The van der Waals surface area contributed by atoms with Gasteiger partial charge in [0.25, 0.3) is 5.56 Å². The number of halogens is 1. The molecular formula is C12H20IN5O2. The Hall–Kier alpha value is -1.16. The summed E-state index contributed by atoms with van der Waals surface area (Å²) in [6.07, 6.45) is 1.63. The second-order valence-corrected chi connectivity index (χ2v) is 5.83. The smallest absolute Gasteiger partial charge is 0.332 e. The van der Waals surface area contributed by atoms with Crippen molar-refractivity contribution in [3.8, 4) is 0 Å². The molecule has 0 aromatic carbocycles. The minimum Gasteiger partial charge on any atom is -1.00 e. The molecule has 0 saturated carbocycles. The van der Waals surface area contributed by atoms with Gasteiger partial charge in [-0.3, -0.25) is 13.9 Å². The first kappa shape index (κ1) is 16.9. The van der Waals surface area contributed by atoms with Crippen LogP contribution in [0.5, 0.6) is 0 Å². The van der Waals surface area contributed by atoms with Gasteiger partial charge in [-0.1, -0.05) is 0 Å². The summed E-state index contributed by atoms with van der Waals surface area (Å²) in [6.45, 7) is 1.56. The van der Waals surface area contributed by atoms with Gasteiger partial charge in [0.05, 0.1) is 40.6 Å². The standard InChI is InChI=1S/C12H20N5O2.HI/c1-14-10-9(11(18)15(2)12(14)19)16(8-13-10)6-7-17(3,4)5;/h8H,6-7H2,1-5H3;1H/q+1;/p-1. The van der Waals surface area contributed by atoms with Crippen LogP contribution in [0.3, 0.4) is 0 Å². The topological polar surface area (TPSA) is 61.8 Å². The normalized spacial score (nSPS) is 11.7. The number of quaternary nitrogens is 1. The molecule has 0 N–H and O–H groups in total. The lowest BCUT2D eigenvalue weighted by molar-refractivity contribution is -0.870. The third-order valence-corrected chi connectivity index (χ3v) is 3.23. The zero-order valence-corrected chi connectivity index (χ0v) is 14.6. The maximum Gasteiger partial charge on any atom is 0.332 e. The van der Waals surface area contributed by atoms with Gasteiger partial charge in [-0.15, -0.1) is 0 Å². The Labute approximate surface area is 134 Å². The van der Waals surface area contributed by atoms with Crippen LogP contribution in [0.1, 0.15) is 0 Å². The highest BCUT2D eigenvalue weighted by atomic mass is 127. The van der Waals surface area contributed by atoms with Gasteiger partial charge in [0.1, 0.15) is 0 Å². The van der Waals surface area contributed by atoms with Crippen molar-refractivity contribution < 1.29 is 28.5 Å². The van der Waals surface area contributed by atoms with E-state index in [1.165, 1.54) is 11.6 Å². The largest absolute Gasteiger partial charge is 1.00 e. The summed E-state index contributed by atoms with van der Waals surface area (Å²) in [5.41, 5.74) is 0.277. The summed E-state index contributed by atoms with van der Waals surface area (Å²) in [7, 11) is 9.38. The zero-order valence-electron chi connectivity index (χ0n) is 12.4. The van der Waals surface area contributed by atoms with Crippen molar-refractivity contribution in [2.75, 3.05) is 27.7 Å². The molecule has 8 heteroatoms. The Kier molecular flexibility index (Phi) is 4.80. The maximum absolute atomic E-state index is 12.2. The van der Waals surface area contributed by atoms with E-state index in [1.54, 1.807) is 13.4 Å². The molecule has 0 radical (unpaired) electrons. The Morgan fingerprint density at radius 2 is 1.75 bits per heavy atom. The molecule has 0 saturated heterocycles. The van der Waals surface area contributed by atoms with Crippen LogP contribution in [0.4, 0.5) is 0 Å². The lowest BCUT2D eigenvalue weighted by atomic mass is 10.4. The second kappa shape index (κ2) is 5.68. The fraction of sp³-hybridized carbons (Fsp3) is 0.583. The van der Waals surface area contributed by atoms with E-state index < -0.39 is 0 Å². The molecule has 2 aromatic heterocycles. The third kappa shape index (κ3) is 2.95. The summed E-state index contributed by atoms with van der Waals surface area (Å²) in [6, 6.07) is 0. The Bertz CT molecular complexity index is 735. The molecule has 0 atom stereocenters. The SMILES string of the molecule is Cn1c(=O)c2c(ncn2CC[N+](C)(C)C)n(C)c1=O.[I-]. The first-order valence-corrected chi connectivity index (χ1v) is 6.13. The molecule has 0 bridgehead atoms. The van der Waals surface area contributed by atoms with E-state index >= 15 is 0 Å². The van der Waals surface area contributed by atoms with Gasteiger partial charge in [-0.2, -0.15) is 0 Å². The van der Waals surface area contributed by atoms with Crippen molar-refractivity contribution in [2.24, 2.45) is 14.1 Å². The van der Waals surface area contributed by atoms with Crippen LogP contribution in [0, 0.1) is 0 Å². The number of fused-ring (bicyclic) bond motifs is 1. The molecule has 20 heavy (non-hydrogen) atoms. The summed E-state index contributed by atoms with van der Waals surface area (Å²) >= 11 is 0. The van der Waals surface area contributed by atoms with Gasteiger partial charge in [0.15, 0.2) is 11.2 Å². The average molecular weight is 393 g/mol. The van der Waals surface area contributed by atoms with Crippen molar-refractivity contribution in [1.29, 1.82) is 0 Å². The summed E-state index contributed by atoms with van der Waals surface area (Å²) in [5, 5.41) is 0. The van der Waals surface area contributed by atoms with E-state index in [4.69, 9.17) is 0 Å². The van der Waals surface area contributed by atoms with Gasteiger partial charge in [-0.05, 0) is 0 Å². The fourth-order valence-electron chi connectivity index (χ4n) is 1.97. The molecule has 0 unspecified atom stereocenters. The number of nitrogens with zero attached hydrogens (tertiary/aromatic N) is 5. The van der Waals surface area contributed by atoms with E-state index in [0.29, 0.717) is 17.7 Å². The second-order valence-electron chi connectivity index (χ2n) is 5.83. The molecular weight excluding hydrogens is 373 g/mol. The molecule has 2 heterocycles. The van der Waals surface area contributed by atoms with Crippen LogP contribution in [0.15, 0.2) is 15.9 Å². The maximum atomic E-state index is 12.2. The van der Waals surface area contributed by atoms with E-state index in [2.05, 4.69) is 26.1 Å². The molecule has 0 amide bonds. The lowest BCUT2D eigenvalue weighted by Gasteiger charge is -2.23. The van der Waals surface area contributed by atoms with Crippen molar-refractivity contribution in [3.05, 3.63) is 27.2 Å². The number of aryl methyl sites for hydroxylation is 1. The van der Waals surface area contributed by atoms with Crippen molar-refractivity contribution in [3.63, 3.8) is 0 Å². The van der Waals surface area contributed by atoms with Crippen LogP contribution in [-0.4, -0.2) is 50.9 Å². The van der Waals surface area contributed by atoms with E-state index in [1.807, 2.05) is 4.57 Å². The first-order valence-electron chi connectivity index (χ1n) is 6.13. The highest BCUT2D eigenvalue weighted by molar-refractivity contribution is 5.69. The van der Waals surface area contributed by atoms with Crippen LogP contribution in [0.25, 0.3) is 11.2 Å². The van der Waals surface area contributed by atoms with Gasteiger partial charge in [0.2, 0.25) is 0 Å². The number of hydrogen-bond donors (Lipinski definition) is 0. The molecule has 2 rings (SSSR count). The highest BCUT2D eigenvalue weighted by Gasteiger charge is 2.15. The minimum atomic E-state index is -0.352. The molecule has 0 aliphatic carbocycles. The number of aromatic nitrogens is 4. The molecule has 0 aliphatic rings. The van der Waals surface area contributed by atoms with E-state index in [9.17, 15) is 9.59 Å². The van der Waals surface area contributed by atoms with Crippen molar-refractivity contribution in [1.82, 2.24) is 18.7 Å². The minimum absolute atomic E-state index is 0. The number of likely N-dealkylation sites (N-methyl/N-ethyl adjacent to an activating group) is 1. The average Bonchev–Trinajstić information content (AvgIpc) is 2.74. The monoisotopic (exact) mass is 393 g/mol. The Morgan fingerprint density at radius 1 is 1.15 bits per heavy atom. The van der Waals surface area contributed by atoms with Gasteiger partial charge < -0.3 is 33.0 Å². The van der Waals surface area contributed by atoms with Crippen LogP contribution < -0.4 is 35.2 Å². The van der Waals surface area contributed by atoms with E-state index in [0.717, 1.165) is 15.6 Å². The fourth-order valence-corrected chi connectivity index (χ4v) is 1.97. The molecule has 0 spiro atoms. The van der Waals surface area contributed by atoms with Gasteiger partial charge >= 0.3 is 5.69 Å². The lowest BCUT2D eigenvalue weighted by Crippen LogP contribution is -3.00. The number of rotatable bonds is 3. The van der Waals surface area contributed by atoms with Gasteiger partial charge in [0, 0.05) is 14.1 Å². The molecule has 0 fully saturated rings. The van der Waals surface area contributed by atoms with Crippen molar-refractivity contribution in [2.45, 2.75) is 6.54 Å². The summed E-state index contributed by atoms with van der Waals surface area (Å²) in [5.74, 6) is 0. The van der Waals surface area contributed by atoms with Crippen LogP contribution >= 0.6 is 0 Å². The molecule has 112 valence electrons. The first-order chi connectivity index (χ1) is 8.72. The summed E-state index contributed by atoms with van der Waals surface area (Å²) in [4.78, 5) is 28.2. The quantitative estimate of drug-likeness (QED) is 0.396. The Morgan fingerprint density at radius 3 is 2.30 bits per heavy atom. The van der Waals surface area contributed by atoms with E-state index in [-0.39, 0.29) is 35.2 Å². The number of hydrogen-bond acceptors (Lipinski definition) is 3. The molecule has 0 aliphatic heterocycles. The molecule has 7 nitrogen and oxygen atoms in total. The van der Waals surface area contributed by atoms with Crippen LogP contribution in [0.2, 0.25) is 0 Å². The molecule has 2 aromatic rings. The zero-order chi connectivity index (χ0) is 14.4. The van der Waals surface area contributed by atoms with Gasteiger partial charge in [-0.25, -0.2) is 9.78 Å². The third-order valence-electron chi connectivity index (χ3n) is 3.23. The highest BCUT2D eigenvalue weighted by Crippen LogP contribution is 2.06. The van der Waals surface area contributed by atoms with Crippen molar-refractivity contribution >= 4 is 11.2 Å². The predicted molar refractivity (Wildman–Crippen MR) is 73.1 cm³/mol. The van der Waals surface area contributed by atoms with Crippen LogP contribution in [-0.2, 0) is 20.6 Å². The number of imidazole rings is 1. The Balaban J connectivity index is 0.00000200.